The molecule has 0 bridgehead atoms. The van der Waals surface area contributed by atoms with Gasteiger partial charge in [-0.3, -0.25) is 0 Å². The van der Waals surface area contributed by atoms with Crippen LogP contribution in [0.2, 0.25) is 0 Å². The Morgan fingerprint density at radius 3 is 2.37 bits per heavy atom. The second kappa shape index (κ2) is 5.82. The zero-order valence-corrected chi connectivity index (χ0v) is 11.9. The first kappa shape index (κ1) is 13.5. The van der Waals surface area contributed by atoms with Gasteiger partial charge in [0.1, 0.15) is 5.75 Å². The third-order valence-electron chi connectivity index (χ3n) is 2.67. The van der Waals surface area contributed by atoms with Gasteiger partial charge in [-0.25, -0.2) is 0 Å². The van der Waals surface area contributed by atoms with E-state index in [-0.39, 0.29) is 5.92 Å². The number of hydrogen-bond acceptors (Lipinski definition) is 4. The Labute approximate surface area is 113 Å². The lowest BCUT2D eigenvalue weighted by Crippen LogP contribution is -2.06. The Morgan fingerprint density at radius 2 is 1.79 bits per heavy atom. The van der Waals surface area contributed by atoms with Crippen molar-refractivity contribution in [3.05, 3.63) is 30.1 Å². The highest BCUT2D eigenvalue weighted by Crippen LogP contribution is 2.18. The van der Waals surface area contributed by atoms with Crippen LogP contribution in [0.1, 0.15) is 39.4 Å². The van der Waals surface area contributed by atoms with Gasteiger partial charge in [0, 0.05) is 5.92 Å². The number of nitrogens with zero attached hydrogens (tertiary/aromatic N) is 4. The van der Waals surface area contributed by atoms with Gasteiger partial charge in [0.25, 0.3) is 0 Å². The van der Waals surface area contributed by atoms with E-state index in [9.17, 15) is 0 Å². The molecule has 0 spiro atoms. The summed E-state index contributed by atoms with van der Waals surface area (Å²) < 4.78 is 7.42. The fourth-order valence-electron chi connectivity index (χ4n) is 1.68. The third-order valence-corrected chi connectivity index (χ3v) is 2.67. The van der Waals surface area contributed by atoms with Gasteiger partial charge in [0.05, 0.1) is 12.3 Å². The molecule has 2 aromatic rings. The van der Waals surface area contributed by atoms with Gasteiger partial charge < -0.3 is 4.74 Å². The van der Waals surface area contributed by atoms with Crippen LogP contribution in [0, 0.1) is 5.92 Å². The van der Waals surface area contributed by atoms with Gasteiger partial charge in [-0.15, -0.1) is 5.10 Å². The van der Waals surface area contributed by atoms with Crippen LogP contribution >= 0.6 is 0 Å². The highest BCUT2D eigenvalue weighted by atomic mass is 16.5. The maximum absolute atomic E-state index is 5.66. The van der Waals surface area contributed by atoms with Crippen molar-refractivity contribution in [1.29, 1.82) is 0 Å². The number of rotatable bonds is 5. The van der Waals surface area contributed by atoms with E-state index in [1.807, 2.05) is 24.3 Å². The molecule has 5 heteroatoms. The highest BCUT2D eigenvalue weighted by Gasteiger charge is 2.11. The van der Waals surface area contributed by atoms with E-state index in [1.165, 1.54) is 0 Å². The summed E-state index contributed by atoms with van der Waals surface area (Å²) in [5, 5.41) is 11.8. The number of aromatic nitrogens is 4. The average molecular weight is 260 g/mol. The SMILES string of the molecule is CC(C)COc1ccc(-n2nnnc2C(C)C)cc1. The zero-order chi connectivity index (χ0) is 13.8. The molecule has 0 fully saturated rings. The second-order valence-corrected chi connectivity index (χ2v) is 5.30. The maximum atomic E-state index is 5.66. The molecule has 1 heterocycles. The number of hydrogen-bond donors (Lipinski definition) is 0. The molecule has 0 saturated heterocycles. The second-order valence-electron chi connectivity index (χ2n) is 5.30. The Hall–Kier alpha value is -1.91. The Morgan fingerprint density at radius 1 is 1.11 bits per heavy atom. The summed E-state index contributed by atoms with van der Waals surface area (Å²) in [7, 11) is 0. The minimum absolute atomic E-state index is 0.284. The molecule has 1 aromatic heterocycles. The predicted octanol–water partition coefficient (Wildman–Crippen LogP) is 2.82. The largest absolute Gasteiger partial charge is 0.493 e. The Balaban J connectivity index is 2.16. The molecule has 19 heavy (non-hydrogen) atoms. The normalized spacial score (nSPS) is 11.3. The van der Waals surface area contributed by atoms with Crippen LogP contribution in [0.25, 0.3) is 5.69 Å². The van der Waals surface area contributed by atoms with Gasteiger partial charge in [0.2, 0.25) is 0 Å². The van der Waals surface area contributed by atoms with Crippen molar-refractivity contribution >= 4 is 0 Å². The first-order valence-electron chi connectivity index (χ1n) is 6.59. The van der Waals surface area contributed by atoms with Gasteiger partial charge in [0.15, 0.2) is 5.82 Å². The van der Waals surface area contributed by atoms with Crippen LogP contribution in [0.5, 0.6) is 5.75 Å². The summed E-state index contributed by atoms with van der Waals surface area (Å²) in [4.78, 5) is 0. The summed E-state index contributed by atoms with van der Waals surface area (Å²) in [6, 6.07) is 7.84. The van der Waals surface area contributed by atoms with Crippen LogP contribution in [0.3, 0.4) is 0 Å². The van der Waals surface area contributed by atoms with Crippen molar-refractivity contribution in [2.45, 2.75) is 33.6 Å². The van der Waals surface area contributed by atoms with Crippen molar-refractivity contribution < 1.29 is 4.74 Å². The Bertz CT molecular complexity index is 516. The quantitative estimate of drug-likeness (QED) is 0.829. The van der Waals surface area contributed by atoms with Crippen molar-refractivity contribution in [2.24, 2.45) is 5.92 Å². The topological polar surface area (TPSA) is 52.8 Å². The van der Waals surface area contributed by atoms with Gasteiger partial charge in [-0.05, 0) is 40.6 Å². The molecule has 5 nitrogen and oxygen atoms in total. The summed E-state index contributed by atoms with van der Waals surface area (Å²) in [5.41, 5.74) is 0.950. The molecule has 0 N–H and O–H groups in total. The summed E-state index contributed by atoms with van der Waals surface area (Å²) in [6.45, 7) is 9.13. The van der Waals surface area contributed by atoms with E-state index >= 15 is 0 Å². The summed E-state index contributed by atoms with van der Waals surface area (Å²) in [6.07, 6.45) is 0. The summed E-state index contributed by atoms with van der Waals surface area (Å²) >= 11 is 0. The lowest BCUT2D eigenvalue weighted by molar-refractivity contribution is 0.271. The van der Waals surface area contributed by atoms with Crippen LogP contribution in [0.15, 0.2) is 24.3 Å². The zero-order valence-electron chi connectivity index (χ0n) is 11.9. The molecule has 0 radical (unpaired) electrons. The van der Waals surface area contributed by atoms with E-state index < -0.39 is 0 Å². The molecular weight excluding hydrogens is 240 g/mol. The molecule has 0 aliphatic rings. The molecule has 2 rings (SSSR count). The van der Waals surface area contributed by atoms with Crippen LogP contribution in [-0.4, -0.2) is 26.8 Å². The van der Waals surface area contributed by atoms with Gasteiger partial charge in [-0.2, -0.15) is 4.68 Å². The van der Waals surface area contributed by atoms with Gasteiger partial charge >= 0.3 is 0 Å². The van der Waals surface area contributed by atoms with Crippen molar-refractivity contribution in [2.75, 3.05) is 6.61 Å². The van der Waals surface area contributed by atoms with Crippen molar-refractivity contribution in [1.82, 2.24) is 20.2 Å². The number of benzene rings is 1. The molecule has 0 atom stereocenters. The number of ether oxygens (including phenoxy) is 1. The molecule has 0 saturated carbocycles. The third kappa shape index (κ3) is 3.30. The fourth-order valence-corrected chi connectivity index (χ4v) is 1.68. The molecule has 0 amide bonds. The first-order valence-corrected chi connectivity index (χ1v) is 6.59. The molecule has 0 unspecified atom stereocenters. The molecule has 0 aliphatic carbocycles. The van der Waals surface area contributed by atoms with Crippen LogP contribution < -0.4 is 4.74 Å². The number of tetrazole rings is 1. The lowest BCUT2D eigenvalue weighted by atomic mass is 10.2. The first-order chi connectivity index (χ1) is 9.08. The molecule has 102 valence electrons. The Kier molecular flexibility index (Phi) is 4.14. The minimum atomic E-state index is 0.284. The van der Waals surface area contributed by atoms with Gasteiger partial charge in [-0.1, -0.05) is 27.7 Å². The van der Waals surface area contributed by atoms with Crippen molar-refractivity contribution in [3.63, 3.8) is 0 Å². The molecule has 1 aromatic carbocycles. The van der Waals surface area contributed by atoms with E-state index in [4.69, 9.17) is 4.74 Å². The fraction of sp³-hybridized carbons (Fsp3) is 0.500. The minimum Gasteiger partial charge on any atom is -0.493 e. The van der Waals surface area contributed by atoms with E-state index in [1.54, 1.807) is 4.68 Å². The average Bonchev–Trinajstić information content (AvgIpc) is 2.86. The standard InChI is InChI=1S/C14H20N4O/c1-10(2)9-19-13-7-5-12(6-8-13)18-14(11(3)4)15-16-17-18/h5-8,10-11H,9H2,1-4H3. The monoisotopic (exact) mass is 260 g/mol. The highest BCUT2D eigenvalue weighted by molar-refractivity contribution is 5.37. The maximum Gasteiger partial charge on any atom is 0.159 e. The summed E-state index contributed by atoms with van der Waals surface area (Å²) in [5.74, 6) is 2.53. The van der Waals surface area contributed by atoms with E-state index in [2.05, 4.69) is 43.2 Å². The van der Waals surface area contributed by atoms with E-state index in [0.717, 1.165) is 23.9 Å². The van der Waals surface area contributed by atoms with Crippen LogP contribution in [-0.2, 0) is 0 Å². The van der Waals surface area contributed by atoms with Crippen molar-refractivity contribution in [3.8, 4) is 11.4 Å². The predicted molar refractivity (Wildman–Crippen MR) is 73.6 cm³/mol. The van der Waals surface area contributed by atoms with E-state index in [0.29, 0.717) is 5.92 Å². The lowest BCUT2D eigenvalue weighted by Gasteiger charge is -2.10. The molecular formula is C14H20N4O. The van der Waals surface area contributed by atoms with Crippen LogP contribution in [0.4, 0.5) is 0 Å². The smallest absolute Gasteiger partial charge is 0.159 e. The molecule has 0 aliphatic heterocycles.